The van der Waals surface area contributed by atoms with Crippen LogP contribution in [0.5, 0.6) is 0 Å². The van der Waals surface area contributed by atoms with E-state index in [1.54, 1.807) is 17.2 Å². The summed E-state index contributed by atoms with van der Waals surface area (Å²) in [6.07, 6.45) is 3.06. The van der Waals surface area contributed by atoms with Crippen LogP contribution in [0.4, 0.5) is 0 Å². The monoisotopic (exact) mass is 292 g/mol. The molecule has 2 aromatic rings. The number of carbonyl (C=O) groups excluding carboxylic acids is 1. The summed E-state index contributed by atoms with van der Waals surface area (Å²) < 4.78 is 5.54. The molecule has 0 N–H and O–H groups in total. The van der Waals surface area contributed by atoms with Crippen LogP contribution in [-0.4, -0.2) is 21.8 Å². The Morgan fingerprint density at radius 2 is 2.15 bits per heavy atom. The molecule has 0 atom stereocenters. The van der Waals surface area contributed by atoms with Crippen molar-refractivity contribution < 1.29 is 9.21 Å². The molecule has 4 nitrogen and oxygen atoms in total. The first-order valence-corrected chi connectivity index (χ1v) is 6.82. The number of amides is 1. The van der Waals surface area contributed by atoms with Gasteiger partial charge in [-0.2, -0.15) is 0 Å². The lowest BCUT2D eigenvalue weighted by Crippen LogP contribution is -2.36. The van der Waals surface area contributed by atoms with Crippen molar-refractivity contribution in [3.63, 3.8) is 0 Å². The van der Waals surface area contributed by atoms with E-state index < -0.39 is 0 Å². The van der Waals surface area contributed by atoms with Gasteiger partial charge in [-0.15, -0.1) is 0 Å². The highest BCUT2D eigenvalue weighted by molar-refractivity contribution is 6.33. The second-order valence-electron chi connectivity index (χ2n) is 4.89. The number of hydrogen-bond donors (Lipinski definition) is 0. The minimum Gasteiger partial charge on any atom is -0.464 e. The lowest BCUT2D eigenvalue weighted by atomic mass is 10.2. The zero-order valence-electron chi connectivity index (χ0n) is 11.8. The van der Waals surface area contributed by atoms with Crippen molar-refractivity contribution >= 4 is 17.5 Å². The van der Waals surface area contributed by atoms with E-state index in [0.717, 1.165) is 11.5 Å². The van der Waals surface area contributed by atoms with E-state index >= 15 is 0 Å². The van der Waals surface area contributed by atoms with Gasteiger partial charge in [-0.05, 0) is 39.0 Å². The molecule has 2 rings (SSSR count). The van der Waals surface area contributed by atoms with Gasteiger partial charge in [0.25, 0.3) is 5.91 Å². The third kappa shape index (κ3) is 3.20. The maximum Gasteiger partial charge on any atom is 0.257 e. The molecule has 5 heteroatoms. The number of halogens is 1. The van der Waals surface area contributed by atoms with Crippen LogP contribution in [0.25, 0.3) is 0 Å². The number of rotatable bonds is 4. The Morgan fingerprint density at radius 3 is 2.70 bits per heavy atom. The molecule has 2 aromatic heterocycles. The van der Waals surface area contributed by atoms with Gasteiger partial charge in [0, 0.05) is 18.4 Å². The molecule has 0 unspecified atom stereocenters. The molecule has 0 aliphatic heterocycles. The SMILES string of the molecule is Cc1ccc(CN(C(=O)c2cnccc2Cl)C(C)C)o1. The summed E-state index contributed by atoms with van der Waals surface area (Å²) in [6, 6.07) is 5.41. The van der Waals surface area contributed by atoms with Gasteiger partial charge in [0.15, 0.2) is 0 Å². The van der Waals surface area contributed by atoms with Crippen LogP contribution < -0.4 is 0 Å². The lowest BCUT2D eigenvalue weighted by molar-refractivity contribution is 0.0675. The van der Waals surface area contributed by atoms with Gasteiger partial charge in [0.05, 0.1) is 17.1 Å². The van der Waals surface area contributed by atoms with Gasteiger partial charge < -0.3 is 9.32 Å². The van der Waals surface area contributed by atoms with E-state index in [2.05, 4.69) is 4.98 Å². The molecule has 0 saturated heterocycles. The summed E-state index contributed by atoms with van der Waals surface area (Å²) in [6.45, 7) is 6.20. The van der Waals surface area contributed by atoms with Crippen LogP contribution in [0.1, 0.15) is 35.7 Å². The predicted octanol–water partition coefficient (Wildman–Crippen LogP) is 3.69. The zero-order valence-corrected chi connectivity index (χ0v) is 12.5. The average Bonchev–Trinajstić information content (AvgIpc) is 2.81. The number of aryl methyl sites for hydroxylation is 1. The van der Waals surface area contributed by atoms with Crippen LogP contribution in [0.15, 0.2) is 35.0 Å². The number of furan rings is 1. The fourth-order valence-electron chi connectivity index (χ4n) is 1.92. The minimum absolute atomic E-state index is 0.0316. The lowest BCUT2D eigenvalue weighted by Gasteiger charge is -2.26. The van der Waals surface area contributed by atoms with Crippen LogP contribution in [0, 0.1) is 6.92 Å². The Balaban J connectivity index is 2.25. The Bertz CT molecular complexity index is 607. The van der Waals surface area contributed by atoms with Gasteiger partial charge in [-0.3, -0.25) is 9.78 Å². The molecule has 0 aliphatic rings. The summed E-state index contributed by atoms with van der Waals surface area (Å²) in [5.74, 6) is 1.44. The number of carbonyl (C=O) groups is 1. The molecule has 106 valence electrons. The maximum atomic E-state index is 12.6. The predicted molar refractivity (Wildman–Crippen MR) is 77.7 cm³/mol. The van der Waals surface area contributed by atoms with E-state index in [0.29, 0.717) is 17.1 Å². The minimum atomic E-state index is -0.146. The molecule has 0 saturated carbocycles. The highest BCUT2D eigenvalue weighted by Gasteiger charge is 2.22. The van der Waals surface area contributed by atoms with Crippen molar-refractivity contribution in [3.05, 3.63) is 52.7 Å². The maximum absolute atomic E-state index is 12.6. The van der Waals surface area contributed by atoms with Gasteiger partial charge >= 0.3 is 0 Å². The average molecular weight is 293 g/mol. The number of nitrogens with zero attached hydrogens (tertiary/aromatic N) is 2. The van der Waals surface area contributed by atoms with Gasteiger partial charge in [-0.25, -0.2) is 0 Å². The highest BCUT2D eigenvalue weighted by Crippen LogP contribution is 2.19. The summed E-state index contributed by atoms with van der Waals surface area (Å²) in [4.78, 5) is 18.3. The first kappa shape index (κ1) is 14.6. The van der Waals surface area contributed by atoms with Crippen LogP contribution >= 0.6 is 11.6 Å². The smallest absolute Gasteiger partial charge is 0.257 e. The Labute approximate surface area is 123 Å². The quantitative estimate of drug-likeness (QED) is 0.863. The first-order valence-electron chi connectivity index (χ1n) is 6.45. The third-order valence-electron chi connectivity index (χ3n) is 3.00. The van der Waals surface area contributed by atoms with Crippen molar-refractivity contribution in [3.8, 4) is 0 Å². The van der Waals surface area contributed by atoms with Crippen LogP contribution in [0.3, 0.4) is 0 Å². The van der Waals surface area contributed by atoms with E-state index in [9.17, 15) is 4.79 Å². The third-order valence-corrected chi connectivity index (χ3v) is 3.33. The Hall–Kier alpha value is -1.81. The number of aromatic nitrogens is 1. The molecule has 0 bridgehead atoms. The van der Waals surface area contributed by atoms with Crippen molar-refractivity contribution in [2.75, 3.05) is 0 Å². The molecule has 20 heavy (non-hydrogen) atoms. The second-order valence-corrected chi connectivity index (χ2v) is 5.30. The normalized spacial score (nSPS) is 10.8. The molecule has 0 spiro atoms. The van der Waals surface area contributed by atoms with Crippen LogP contribution in [0.2, 0.25) is 5.02 Å². The molecule has 2 heterocycles. The summed E-state index contributed by atoms with van der Waals surface area (Å²) in [5.41, 5.74) is 0.408. The standard InChI is InChI=1S/C15H17ClN2O2/c1-10(2)18(9-12-5-4-11(3)20-12)15(19)13-8-17-7-6-14(13)16/h4-8,10H,9H2,1-3H3. The van der Waals surface area contributed by atoms with E-state index in [4.69, 9.17) is 16.0 Å². The summed E-state index contributed by atoms with van der Waals surface area (Å²) >= 11 is 6.06. The van der Waals surface area contributed by atoms with E-state index in [1.807, 2.05) is 32.9 Å². The van der Waals surface area contributed by atoms with Crippen molar-refractivity contribution in [2.45, 2.75) is 33.4 Å². The van der Waals surface area contributed by atoms with E-state index in [1.165, 1.54) is 6.20 Å². The molecule has 0 aliphatic carbocycles. The van der Waals surface area contributed by atoms with Gasteiger partial charge in [-0.1, -0.05) is 11.6 Å². The van der Waals surface area contributed by atoms with Gasteiger partial charge in [0.2, 0.25) is 0 Å². The summed E-state index contributed by atoms with van der Waals surface area (Å²) in [5, 5.41) is 0.409. The fraction of sp³-hybridized carbons (Fsp3) is 0.333. The zero-order chi connectivity index (χ0) is 14.7. The topological polar surface area (TPSA) is 46.3 Å². The Morgan fingerprint density at radius 1 is 1.40 bits per heavy atom. The van der Waals surface area contributed by atoms with Crippen molar-refractivity contribution in [2.24, 2.45) is 0 Å². The largest absolute Gasteiger partial charge is 0.464 e. The summed E-state index contributed by atoms with van der Waals surface area (Å²) in [7, 11) is 0. The first-order chi connectivity index (χ1) is 9.49. The molecule has 0 radical (unpaired) electrons. The van der Waals surface area contributed by atoms with Gasteiger partial charge in [0.1, 0.15) is 11.5 Å². The van der Waals surface area contributed by atoms with E-state index in [-0.39, 0.29) is 11.9 Å². The molecule has 1 amide bonds. The molecule has 0 fully saturated rings. The van der Waals surface area contributed by atoms with Crippen molar-refractivity contribution in [1.29, 1.82) is 0 Å². The molecular weight excluding hydrogens is 276 g/mol. The second kappa shape index (κ2) is 6.09. The number of hydrogen-bond acceptors (Lipinski definition) is 3. The highest BCUT2D eigenvalue weighted by atomic mass is 35.5. The number of pyridine rings is 1. The Kier molecular flexibility index (Phi) is 4.45. The van der Waals surface area contributed by atoms with Crippen LogP contribution in [-0.2, 0) is 6.54 Å². The molecular formula is C15H17ClN2O2. The molecule has 0 aromatic carbocycles. The van der Waals surface area contributed by atoms with Crippen molar-refractivity contribution in [1.82, 2.24) is 9.88 Å². The fourth-order valence-corrected chi connectivity index (χ4v) is 2.10.